The summed E-state index contributed by atoms with van der Waals surface area (Å²) < 4.78 is 0. The summed E-state index contributed by atoms with van der Waals surface area (Å²) in [5.41, 5.74) is 7.15. The molecule has 1 heterocycles. The molecule has 0 atom stereocenters. The Morgan fingerprint density at radius 2 is 1.63 bits per heavy atom. The van der Waals surface area contributed by atoms with Crippen LogP contribution in [0.1, 0.15) is 55.3 Å². The fourth-order valence-corrected chi connectivity index (χ4v) is 5.27. The summed E-state index contributed by atoms with van der Waals surface area (Å²) in [7, 11) is 0. The number of hydrogen-bond acceptors (Lipinski definition) is 2. The first-order chi connectivity index (χ1) is 13.3. The number of rotatable bonds is 3. The molecule has 0 saturated heterocycles. The number of benzene rings is 2. The van der Waals surface area contributed by atoms with Crippen molar-refractivity contribution in [2.45, 2.75) is 57.9 Å². The number of pyridine rings is 1. The molecule has 2 aromatic carbocycles. The van der Waals surface area contributed by atoms with Crippen LogP contribution in [0.25, 0.3) is 10.9 Å². The van der Waals surface area contributed by atoms with Crippen molar-refractivity contribution in [2.75, 3.05) is 5.32 Å². The lowest BCUT2D eigenvalue weighted by atomic mass is 9.65. The first kappa shape index (κ1) is 16.8. The van der Waals surface area contributed by atoms with Gasteiger partial charge < -0.3 is 5.32 Å². The Morgan fingerprint density at radius 3 is 2.48 bits per heavy atom. The van der Waals surface area contributed by atoms with Crippen molar-refractivity contribution in [1.29, 1.82) is 0 Å². The minimum atomic E-state index is 0.525. The van der Waals surface area contributed by atoms with Gasteiger partial charge in [0.1, 0.15) is 0 Å². The Labute approximate surface area is 162 Å². The van der Waals surface area contributed by atoms with E-state index in [4.69, 9.17) is 4.98 Å². The fraction of sp³-hybridized carbons (Fsp3) is 0.400. The largest absolute Gasteiger partial charge is 0.380 e. The summed E-state index contributed by atoms with van der Waals surface area (Å²) in [5, 5.41) is 5.05. The van der Waals surface area contributed by atoms with Crippen molar-refractivity contribution >= 4 is 16.6 Å². The molecule has 0 unspecified atom stereocenters. The number of anilines is 1. The van der Waals surface area contributed by atoms with Crippen LogP contribution < -0.4 is 5.32 Å². The van der Waals surface area contributed by atoms with Gasteiger partial charge in [-0.2, -0.15) is 0 Å². The number of aromatic nitrogens is 1. The molecule has 2 aliphatic rings. The molecular weight excluding hydrogens is 328 g/mol. The standard InChI is InChI=1S/C25H28N2/c1-3-9-19(10-4-1)18-26-24-20-11-5-6-12-22(20)27-23-17-25(16-13-21(23)24)14-7-2-8-15-25/h1,3-6,9-12H,2,7-8,13-18H2,(H,26,27). The Hall–Kier alpha value is -2.35. The van der Waals surface area contributed by atoms with Gasteiger partial charge in [0.25, 0.3) is 0 Å². The van der Waals surface area contributed by atoms with E-state index in [1.807, 2.05) is 0 Å². The van der Waals surface area contributed by atoms with Gasteiger partial charge in [-0.3, -0.25) is 4.98 Å². The average molecular weight is 357 g/mol. The van der Waals surface area contributed by atoms with Crippen LogP contribution in [0.4, 0.5) is 5.69 Å². The molecule has 1 N–H and O–H groups in total. The zero-order chi connectivity index (χ0) is 18.1. The highest BCUT2D eigenvalue weighted by molar-refractivity contribution is 5.93. The maximum Gasteiger partial charge on any atom is 0.0726 e. The second kappa shape index (κ2) is 6.99. The van der Waals surface area contributed by atoms with Gasteiger partial charge in [-0.05, 0) is 54.7 Å². The maximum absolute atomic E-state index is 5.14. The van der Waals surface area contributed by atoms with E-state index < -0.39 is 0 Å². The van der Waals surface area contributed by atoms with E-state index >= 15 is 0 Å². The lowest BCUT2D eigenvalue weighted by Crippen LogP contribution is -2.32. The first-order valence-corrected chi connectivity index (χ1v) is 10.5. The monoisotopic (exact) mass is 356 g/mol. The summed E-state index contributed by atoms with van der Waals surface area (Å²) >= 11 is 0. The molecule has 27 heavy (non-hydrogen) atoms. The van der Waals surface area contributed by atoms with Crippen LogP contribution in [0.3, 0.4) is 0 Å². The quantitative estimate of drug-likeness (QED) is 0.597. The molecule has 1 spiro atoms. The summed E-state index contributed by atoms with van der Waals surface area (Å²) in [5.74, 6) is 0. The molecule has 0 bridgehead atoms. The van der Waals surface area contributed by atoms with Gasteiger partial charge in [-0.15, -0.1) is 0 Å². The van der Waals surface area contributed by atoms with Gasteiger partial charge in [0, 0.05) is 23.3 Å². The van der Waals surface area contributed by atoms with E-state index in [1.54, 1.807) is 0 Å². The molecular formula is C25H28N2. The van der Waals surface area contributed by atoms with Crippen LogP contribution in [0.5, 0.6) is 0 Å². The van der Waals surface area contributed by atoms with Crippen LogP contribution in [-0.4, -0.2) is 4.98 Å². The van der Waals surface area contributed by atoms with E-state index in [0.29, 0.717) is 5.41 Å². The van der Waals surface area contributed by atoms with Crippen molar-refractivity contribution in [3.63, 3.8) is 0 Å². The molecule has 138 valence electrons. The number of nitrogens with one attached hydrogen (secondary N) is 1. The van der Waals surface area contributed by atoms with Gasteiger partial charge in [0.05, 0.1) is 5.52 Å². The third-order valence-corrected chi connectivity index (χ3v) is 6.75. The van der Waals surface area contributed by atoms with Gasteiger partial charge in [-0.25, -0.2) is 0 Å². The third-order valence-electron chi connectivity index (χ3n) is 6.75. The zero-order valence-electron chi connectivity index (χ0n) is 16.0. The smallest absolute Gasteiger partial charge is 0.0726 e. The van der Waals surface area contributed by atoms with Crippen LogP contribution in [0.2, 0.25) is 0 Å². The highest BCUT2D eigenvalue weighted by Gasteiger charge is 2.37. The number of fused-ring (bicyclic) bond motifs is 2. The molecule has 5 rings (SSSR count). The number of para-hydroxylation sites is 1. The second-order valence-electron chi connectivity index (χ2n) is 8.51. The third kappa shape index (κ3) is 3.22. The Balaban J connectivity index is 1.53. The molecule has 0 aliphatic heterocycles. The Kier molecular flexibility index (Phi) is 4.35. The Morgan fingerprint density at radius 1 is 0.852 bits per heavy atom. The molecule has 1 saturated carbocycles. The predicted molar refractivity (Wildman–Crippen MR) is 113 cm³/mol. The molecule has 2 nitrogen and oxygen atoms in total. The molecule has 2 aliphatic carbocycles. The van der Waals surface area contributed by atoms with Crippen molar-refractivity contribution in [1.82, 2.24) is 4.98 Å². The van der Waals surface area contributed by atoms with E-state index in [0.717, 1.165) is 12.1 Å². The minimum absolute atomic E-state index is 0.525. The summed E-state index contributed by atoms with van der Waals surface area (Å²) in [4.78, 5) is 5.14. The van der Waals surface area contributed by atoms with Crippen molar-refractivity contribution in [2.24, 2.45) is 5.41 Å². The fourth-order valence-electron chi connectivity index (χ4n) is 5.27. The van der Waals surface area contributed by atoms with Crippen molar-refractivity contribution in [3.05, 3.63) is 71.4 Å². The predicted octanol–water partition coefficient (Wildman–Crippen LogP) is 6.29. The van der Waals surface area contributed by atoms with Crippen LogP contribution in [0, 0.1) is 5.41 Å². The average Bonchev–Trinajstić information content (AvgIpc) is 2.72. The SMILES string of the molecule is c1ccc(CNc2c3c(nc4ccccc24)CC2(CCCCC2)CC3)cc1. The topological polar surface area (TPSA) is 24.9 Å². The van der Waals surface area contributed by atoms with Crippen molar-refractivity contribution < 1.29 is 0 Å². The molecule has 0 radical (unpaired) electrons. The molecule has 0 amide bonds. The molecule has 1 fully saturated rings. The highest BCUT2D eigenvalue weighted by atomic mass is 14.9. The van der Waals surface area contributed by atoms with Crippen molar-refractivity contribution in [3.8, 4) is 0 Å². The summed E-state index contributed by atoms with van der Waals surface area (Å²) in [6.45, 7) is 0.867. The highest BCUT2D eigenvalue weighted by Crippen LogP contribution is 2.48. The molecule has 1 aromatic heterocycles. The van der Waals surface area contributed by atoms with E-state index in [9.17, 15) is 0 Å². The van der Waals surface area contributed by atoms with Crippen LogP contribution in [0.15, 0.2) is 54.6 Å². The normalized spacial score (nSPS) is 18.4. The summed E-state index contributed by atoms with van der Waals surface area (Å²) in [6, 6.07) is 19.3. The minimum Gasteiger partial charge on any atom is -0.380 e. The van der Waals surface area contributed by atoms with E-state index in [-0.39, 0.29) is 0 Å². The second-order valence-corrected chi connectivity index (χ2v) is 8.51. The summed E-state index contributed by atoms with van der Waals surface area (Å²) in [6.07, 6.45) is 10.7. The van der Waals surface area contributed by atoms with Gasteiger partial charge in [0.2, 0.25) is 0 Å². The van der Waals surface area contributed by atoms with Gasteiger partial charge in [-0.1, -0.05) is 67.8 Å². The zero-order valence-corrected chi connectivity index (χ0v) is 16.0. The molecule has 3 aromatic rings. The lowest BCUT2D eigenvalue weighted by Gasteiger charge is -2.41. The van der Waals surface area contributed by atoms with E-state index in [1.165, 1.54) is 79.3 Å². The van der Waals surface area contributed by atoms with E-state index in [2.05, 4.69) is 59.9 Å². The maximum atomic E-state index is 5.14. The van der Waals surface area contributed by atoms with Gasteiger partial charge in [0.15, 0.2) is 0 Å². The lowest BCUT2D eigenvalue weighted by molar-refractivity contribution is 0.160. The first-order valence-electron chi connectivity index (χ1n) is 10.5. The van der Waals surface area contributed by atoms with Crippen LogP contribution >= 0.6 is 0 Å². The molecule has 2 heteroatoms. The Bertz CT molecular complexity index is 939. The number of nitrogens with zero attached hydrogens (tertiary/aromatic N) is 1. The number of hydrogen-bond donors (Lipinski definition) is 1. The van der Waals surface area contributed by atoms with Gasteiger partial charge >= 0.3 is 0 Å². The van der Waals surface area contributed by atoms with Crippen LogP contribution in [-0.2, 0) is 19.4 Å².